The fourth-order valence-electron chi connectivity index (χ4n) is 2.50. The number of piperidine rings is 1. The van der Waals surface area contributed by atoms with E-state index in [1.807, 2.05) is 30.3 Å². The maximum Gasteiger partial charge on any atom is 0.312 e. The van der Waals surface area contributed by atoms with Gasteiger partial charge in [-0.25, -0.2) is 4.79 Å². The summed E-state index contributed by atoms with van der Waals surface area (Å²) < 4.78 is 5.49. The highest BCUT2D eigenvalue weighted by atomic mass is 16.5. The number of hydrogen-bond acceptors (Lipinski definition) is 3. The minimum absolute atomic E-state index is 0.00174. The van der Waals surface area contributed by atoms with Gasteiger partial charge in [0.05, 0.1) is 0 Å². The molecule has 0 saturated carbocycles. The number of nitrogens with one attached hydrogen (secondary N) is 1. The van der Waals surface area contributed by atoms with Crippen molar-refractivity contribution in [3.63, 3.8) is 0 Å². The van der Waals surface area contributed by atoms with Gasteiger partial charge in [0.1, 0.15) is 5.75 Å². The van der Waals surface area contributed by atoms with Gasteiger partial charge >= 0.3 is 6.03 Å². The zero-order valence-electron chi connectivity index (χ0n) is 12.0. The summed E-state index contributed by atoms with van der Waals surface area (Å²) in [6, 6.07) is 8.68. The van der Waals surface area contributed by atoms with E-state index in [9.17, 15) is 9.59 Å². The van der Waals surface area contributed by atoms with E-state index in [0.29, 0.717) is 18.8 Å². The quantitative estimate of drug-likeness (QED) is 0.852. The average molecular weight is 291 g/mol. The molecule has 0 aromatic heterocycles. The predicted molar refractivity (Wildman–Crippen MR) is 78.9 cm³/mol. The lowest BCUT2D eigenvalue weighted by atomic mass is 10.0. The van der Waals surface area contributed by atoms with Crippen LogP contribution in [0.15, 0.2) is 30.3 Å². The van der Waals surface area contributed by atoms with Crippen molar-refractivity contribution in [3.05, 3.63) is 30.3 Å². The molecule has 6 heteroatoms. The smallest absolute Gasteiger partial charge is 0.312 e. The summed E-state index contributed by atoms with van der Waals surface area (Å²) in [6.45, 7) is 1.10. The molecule has 114 valence electrons. The summed E-state index contributed by atoms with van der Waals surface area (Å²) in [7, 11) is 0. The second-order valence-corrected chi connectivity index (χ2v) is 5.08. The molecule has 1 aromatic carbocycles. The normalized spacial score (nSPS) is 18.1. The molecule has 6 nitrogen and oxygen atoms in total. The molecule has 1 atom stereocenters. The van der Waals surface area contributed by atoms with Gasteiger partial charge in [0.25, 0.3) is 5.91 Å². The SMILES string of the molecule is NC(=O)NC[C@@H]1CCCCN1C(=O)COc1ccccc1. The Morgan fingerprint density at radius 3 is 2.76 bits per heavy atom. The minimum atomic E-state index is -0.562. The van der Waals surface area contributed by atoms with Gasteiger partial charge in [0.15, 0.2) is 6.61 Å². The molecule has 0 spiro atoms. The summed E-state index contributed by atoms with van der Waals surface area (Å²) in [6.07, 6.45) is 2.90. The van der Waals surface area contributed by atoms with Crippen LogP contribution in [0.5, 0.6) is 5.75 Å². The van der Waals surface area contributed by atoms with Crippen LogP contribution in [0.25, 0.3) is 0 Å². The van der Waals surface area contributed by atoms with Gasteiger partial charge in [-0.05, 0) is 31.4 Å². The fraction of sp³-hybridized carbons (Fsp3) is 0.467. The lowest BCUT2D eigenvalue weighted by Crippen LogP contribution is -2.51. The number of ether oxygens (including phenoxy) is 1. The monoisotopic (exact) mass is 291 g/mol. The van der Waals surface area contributed by atoms with Gasteiger partial charge in [-0.3, -0.25) is 4.79 Å². The topological polar surface area (TPSA) is 84.7 Å². The van der Waals surface area contributed by atoms with Crippen molar-refractivity contribution in [1.29, 1.82) is 0 Å². The van der Waals surface area contributed by atoms with Crippen LogP contribution in [-0.2, 0) is 4.79 Å². The predicted octanol–water partition coefficient (Wildman–Crippen LogP) is 1.11. The third-order valence-electron chi connectivity index (χ3n) is 3.56. The molecule has 3 amide bonds. The Labute approximate surface area is 124 Å². The van der Waals surface area contributed by atoms with Crippen LogP contribution in [0, 0.1) is 0 Å². The Morgan fingerprint density at radius 1 is 1.29 bits per heavy atom. The lowest BCUT2D eigenvalue weighted by Gasteiger charge is -2.35. The highest BCUT2D eigenvalue weighted by molar-refractivity contribution is 5.78. The number of amides is 3. The number of urea groups is 1. The van der Waals surface area contributed by atoms with Gasteiger partial charge in [-0.2, -0.15) is 0 Å². The first kappa shape index (κ1) is 15.2. The molecule has 1 aromatic rings. The van der Waals surface area contributed by atoms with Crippen LogP contribution in [0.4, 0.5) is 4.79 Å². The number of nitrogens with zero attached hydrogens (tertiary/aromatic N) is 1. The van der Waals surface area contributed by atoms with Gasteiger partial charge in [-0.15, -0.1) is 0 Å². The maximum absolute atomic E-state index is 12.3. The molecule has 2 rings (SSSR count). The fourth-order valence-corrected chi connectivity index (χ4v) is 2.50. The third kappa shape index (κ3) is 4.66. The Balaban J connectivity index is 1.87. The van der Waals surface area contributed by atoms with E-state index < -0.39 is 6.03 Å². The average Bonchev–Trinajstić information content (AvgIpc) is 2.52. The summed E-state index contributed by atoms with van der Waals surface area (Å²) in [5, 5.41) is 2.58. The molecule has 1 saturated heterocycles. The van der Waals surface area contributed by atoms with E-state index in [1.165, 1.54) is 0 Å². The van der Waals surface area contributed by atoms with Crippen LogP contribution in [0.1, 0.15) is 19.3 Å². The van der Waals surface area contributed by atoms with Crippen LogP contribution in [0.2, 0.25) is 0 Å². The standard InChI is InChI=1S/C15H21N3O3/c16-15(20)17-10-12-6-4-5-9-18(12)14(19)11-21-13-7-2-1-3-8-13/h1-3,7-8,12H,4-6,9-11H2,(H3,16,17,20)/t12-/m0/s1. The van der Waals surface area contributed by atoms with E-state index in [-0.39, 0.29) is 18.6 Å². The van der Waals surface area contributed by atoms with E-state index in [0.717, 1.165) is 19.3 Å². The molecule has 3 N–H and O–H groups in total. The zero-order valence-corrected chi connectivity index (χ0v) is 12.0. The summed E-state index contributed by atoms with van der Waals surface area (Å²) >= 11 is 0. The number of hydrogen-bond donors (Lipinski definition) is 2. The van der Waals surface area contributed by atoms with Crippen LogP contribution >= 0.6 is 0 Å². The first-order valence-electron chi connectivity index (χ1n) is 7.17. The molecule has 0 bridgehead atoms. The highest BCUT2D eigenvalue weighted by Gasteiger charge is 2.26. The first-order chi connectivity index (χ1) is 10.2. The summed E-state index contributed by atoms with van der Waals surface area (Å²) in [5.41, 5.74) is 5.09. The van der Waals surface area contributed by atoms with E-state index in [4.69, 9.17) is 10.5 Å². The highest BCUT2D eigenvalue weighted by Crippen LogP contribution is 2.17. The number of rotatable bonds is 5. The molecule has 0 unspecified atom stereocenters. The van der Waals surface area contributed by atoms with E-state index in [1.54, 1.807) is 4.90 Å². The van der Waals surface area contributed by atoms with Gasteiger partial charge in [0.2, 0.25) is 0 Å². The molecule has 1 fully saturated rings. The van der Waals surface area contributed by atoms with Crippen molar-refractivity contribution in [2.45, 2.75) is 25.3 Å². The summed E-state index contributed by atoms with van der Waals surface area (Å²) in [4.78, 5) is 24.9. The Kier molecular flexibility index (Phi) is 5.43. The number of benzene rings is 1. The molecule has 1 aliphatic rings. The minimum Gasteiger partial charge on any atom is -0.484 e. The Bertz CT molecular complexity index is 478. The largest absolute Gasteiger partial charge is 0.484 e. The lowest BCUT2D eigenvalue weighted by molar-refractivity contribution is -0.136. The van der Waals surface area contributed by atoms with Crippen molar-refractivity contribution >= 4 is 11.9 Å². The second kappa shape index (κ2) is 7.52. The van der Waals surface area contributed by atoms with Crippen LogP contribution in [-0.4, -0.2) is 42.6 Å². The van der Waals surface area contributed by atoms with E-state index in [2.05, 4.69) is 5.32 Å². The number of carbonyl (C=O) groups excluding carboxylic acids is 2. The molecule has 1 heterocycles. The first-order valence-corrected chi connectivity index (χ1v) is 7.17. The van der Waals surface area contributed by atoms with Gasteiger partial charge in [-0.1, -0.05) is 18.2 Å². The van der Waals surface area contributed by atoms with Gasteiger partial charge < -0.3 is 20.7 Å². The molecular formula is C15H21N3O3. The molecule has 0 aliphatic carbocycles. The van der Waals surface area contributed by atoms with Crippen LogP contribution < -0.4 is 15.8 Å². The third-order valence-corrected chi connectivity index (χ3v) is 3.56. The molecule has 0 radical (unpaired) electrons. The molecule has 21 heavy (non-hydrogen) atoms. The maximum atomic E-state index is 12.3. The number of para-hydroxylation sites is 1. The second-order valence-electron chi connectivity index (χ2n) is 5.08. The number of nitrogens with two attached hydrogens (primary N) is 1. The van der Waals surface area contributed by atoms with Crippen molar-refractivity contribution in [2.24, 2.45) is 5.73 Å². The Morgan fingerprint density at radius 2 is 2.05 bits per heavy atom. The zero-order chi connectivity index (χ0) is 15.1. The molecular weight excluding hydrogens is 270 g/mol. The van der Waals surface area contributed by atoms with Gasteiger partial charge in [0, 0.05) is 19.1 Å². The van der Waals surface area contributed by atoms with Crippen LogP contribution in [0.3, 0.4) is 0 Å². The van der Waals surface area contributed by atoms with Crippen molar-refractivity contribution in [3.8, 4) is 5.75 Å². The van der Waals surface area contributed by atoms with Crippen molar-refractivity contribution < 1.29 is 14.3 Å². The number of likely N-dealkylation sites (tertiary alicyclic amines) is 1. The van der Waals surface area contributed by atoms with Crippen molar-refractivity contribution in [2.75, 3.05) is 19.7 Å². The number of carbonyl (C=O) groups is 2. The van der Waals surface area contributed by atoms with E-state index >= 15 is 0 Å². The summed E-state index contributed by atoms with van der Waals surface area (Å²) in [5.74, 6) is 0.615. The number of primary amides is 1. The molecule has 1 aliphatic heterocycles. The Hall–Kier alpha value is -2.24. The van der Waals surface area contributed by atoms with Crippen molar-refractivity contribution in [1.82, 2.24) is 10.2 Å².